The molecule has 0 fully saturated rings. The molecular formula is C15H31N2O2P. The summed E-state index contributed by atoms with van der Waals surface area (Å²) < 4.78 is 20.3. The first-order valence-electron chi connectivity index (χ1n) is 8.03. The lowest BCUT2D eigenvalue weighted by Gasteiger charge is -2.28. The highest BCUT2D eigenvalue weighted by Gasteiger charge is 2.33. The highest BCUT2D eigenvalue weighted by molar-refractivity contribution is 7.61. The molecule has 0 aromatic rings. The summed E-state index contributed by atoms with van der Waals surface area (Å²) in [6.45, 7) is 9.56. The second-order valence-electron chi connectivity index (χ2n) is 5.21. The molecule has 0 saturated heterocycles. The first kappa shape index (κ1) is 19.6. The van der Waals surface area contributed by atoms with Gasteiger partial charge in [-0.3, -0.25) is 4.57 Å². The molecule has 0 spiro atoms. The van der Waals surface area contributed by atoms with Crippen LogP contribution in [0.3, 0.4) is 0 Å². The van der Waals surface area contributed by atoms with Crippen molar-refractivity contribution in [2.24, 2.45) is 0 Å². The molecule has 4 nitrogen and oxygen atoms in total. The smallest absolute Gasteiger partial charge is 0.304 e. The Hall–Kier alpha value is -0.360. The highest BCUT2D eigenvalue weighted by Crippen LogP contribution is 2.51. The Balaban J connectivity index is 4.74. The summed E-state index contributed by atoms with van der Waals surface area (Å²) in [6, 6.07) is 0. The maximum atomic E-state index is 12.8. The van der Waals surface area contributed by atoms with Gasteiger partial charge in [0.1, 0.15) is 0 Å². The molecule has 118 valence electrons. The summed E-state index contributed by atoms with van der Waals surface area (Å²) in [6.07, 6.45) is 6.77. The quantitative estimate of drug-likeness (QED) is 0.369. The molecule has 0 aliphatic heterocycles. The standard InChI is InChI=1S/C15H31N2O2P/c1-5-9-10-11-15(8-4)19-20(18,14-16)17(12-6-2)13-7-3/h15H,5-13H2,1-4H3. The Kier molecular flexibility index (Phi) is 11.1. The molecule has 0 saturated carbocycles. The summed E-state index contributed by atoms with van der Waals surface area (Å²) in [5.74, 6) is 1.96. The van der Waals surface area contributed by atoms with Crippen LogP contribution in [0.1, 0.15) is 72.6 Å². The van der Waals surface area contributed by atoms with E-state index in [2.05, 4.69) is 6.92 Å². The van der Waals surface area contributed by atoms with Crippen LogP contribution in [0.5, 0.6) is 0 Å². The number of unbranched alkanes of at least 4 members (excludes halogenated alkanes) is 2. The summed E-state index contributed by atoms with van der Waals surface area (Å²) in [5.41, 5.74) is 0. The number of hydrogen-bond donors (Lipinski definition) is 0. The summed E-state index contributed by atoms with van der Waals surface area (Å²) in [7, 11) is -3.33. The molecule has 0 amide bonds. The van der Waals surface area contributed by atoms with Crippen molar-refractivity contribution in [3.05, 3.63) is 0 Å². The van der Waals surface area contributed by atoms with Gasteiger partial charge in [-0.25, -0.2) is 4.67 Å². The van der Waals surface area contributed by atoms with Gasteiger partial charge in [-0.05, 0) is 25.7 Å². The second kappa shape index (κ2) is 11.3. The van der Waals surface area contributed by atoms with Gasteiger partial charge in [-0.1, -0.05) is 47.0 Å². The van der Waals surface area contributed by atoms with Gasteiger partial charge in [-0.15, -0.1) is 0 Å². The maximum absolute atomic E-state index is 12.8. The number of nitrogens with zero attached hydrogens (tertiary/aromatic N) is 2. The van der Waals surface area contributed by atoms with E-state index in [4.69, 9.17) is 4.52 Å². The molecule has 2 atom stereocenters. The highest BCUT2D eigenvalue weighted by atomic mass is 31.2. The molecule has 2 unspecified atom stereocenters. The van der Waals surface area contributed by atoms with Crippen molar-refractivity contribution in [3.8, 4) is 5.81 Å². The lowest BCUT2D eigenvalue weighted by atomic mass is 10.1. The molecule has 5 heteroatoms. The average Bonchev–Trinajstić information content (AvgIpc) is 2.46. The molecule has 0 bridgehead atoms. The minimum absolute atomic E-state index is 0.0664. The SMILES string of the molecule is CCCCCC(CC)OP(=O)(C#N)N(CCC)CCC. The van der Waals surface area contributed by atoms with Crippen molar-refractivity contribution in [1.29, 1.82) is 5.26 Å². The minimum Gasteiger partial charge on any atom is -0.304 e. The fraction of sp³-hybridized carbons (Fsp3) is 0.933. The second-order valence-corrected chi connectivity index (χ2v) is 7.22. The third-order valence-electron chi connectivity index (χ3n) is 3.34. The topological polar surface area (TPSA) is 53.3 Å². The van der Waals surface area contributed by atoms with Gasteiger partial charge in [-0.2, -0.15) is 5.26 Å². The van der Waals surface area contributed by atoms with E-state index in [-0.39, 0.29) is 6.10 Å². The predicted octanol–water partition coefficient (Wildman–Crippen LogP) is 5.16. The molecule has 0 rings (SSSR count). The molecule has 0 radical (unpaired) electrons. The number of hydrogen-bond acceptors (Lipinski definition) is 3. The Morgan fingerprint density at radius 3 is 2.10 bits per heavy atom. The van der Waals surface area contributed by atoms with Crippen molar-refractivity contribution in [3.63, 3.8) is 0 Å². The molecule has 20 heavy (non-hydrogen) atoms. The Morgan fingerprint density at radius 2 is 1.70 bits per heavy atom. The van der Waals surface area contributed by atoms with Gasteiger partial charge in [0.15, 0.2) is 5.81 Å². The first-order valence-corrected chi connectivity index (χ1v) is 9.60. The molecule has 0 aliphatic carbocycles. The van der Waals surface area contributed by atoms with Crippen LogP contribution in [-0.2, 0) is 9.09 Å². The van der Waals surface area contributed by atoms with Crippen molar-refractivity contribution < 1.29 is 9.09 Å². The largest absolute Gasteiger partial charge is 0.371 e. The molecule has 0 heterocycles. The normalized spacial score (nSPS) is 15.8. The van der Waals surface area contributed by atoms with E-state index < -0.39 is 7.52 Å². The fourth-order valence-corrected chi connectivity index (χ4v) is 4.09. The van der Waals surface area contributed by atoms with Crippen LogP contribution in [0, 0.1) is 11.1 Å². The van der Waals surface area contributed by atoms with Crippen LogP contribution in [0.15, 0.2) is 0 Å². The zero-order valence-corrected chi connectivity index (χ0v) is 14.5. The fourth-order valence-electron chi connectivity index (χ4n) is 2.20. The van der Waals surface area contributed by atoms with E-state index in [0.717, 1.165) is 44.9 Å². The zero-order valence-electron chi connectivity index (χ0n) is 13.6. The molecule has 0 aromatic heterocycles. The van der Waals surface area contributed by atoms with Crippen molar-refractivity contribution >= 4 is 7.52 Å². The van der Waals surface area contributed by atoms with Crippen LogP contribution >= 0.6 is 7.52 Å². The van der Waals surface area contributed by atoms with Crippen LogP contribution in [0.4, 0.5) is 0 Å². The van der Waals surface area contributed by atoms with Crippen molar-refractivity contribution in [2.75, 3.05) is 13.1 Å². The Labute approximate surface area is 125 Å². The van der Waals surface area contributed by atoms with Crippen LogP contribution < -0.4 is 0 Å². The van der Waals surface area contributed by atoms with Gasteiger partial charge >= 0.3 is 7.52 Å². The third-order valence-corrected chi connectivity index (χ3v) is 5.32. The maximum Gasteiger partial charge on any atom is 0.371 e. The molecular weight excluding hydrogens is 271 g/mol. The average molecular weight is 302 g/mol. The van der Waals surface area contributed by atoms with E-state index in [0.29, 0.717) is 13.1 Å². The predicted molar refractivity (Wildman–Crippen MR) is 84.7 cm³/mol. The van der Waals surface area contributed by atoms with E-state index in [9.17, 15) is 9.83 Å². The van der Waals surface area contributed by atoms with Gasteiger partial charge < -0.3 is 4.52 Å². The summed E-state index contributed by atoms with van der Waals surface area (Å²) >= 11 is 0. The summed E-state index contributed by atoms with van der Waals surface area (Å²) in [5, 5.41) is 9.35. The van der Waals surface area contributed by atoms with Crippen molar-refractivity contribution in [2.45, 2.75) is 78.7 Å². The van der Waals surface area contributed by atoms with E-state index in [1.165, 1.54) is 0 Å². The zero-order chi connectivity index (χ0) is 15.4. The summed E-state index contributed by atoms with van der Waals surface area (Å²) in [4.78, 5) is 0. The molecule has 0 aliphatic rings. The van der Waals surface area contributed by atoms with Crippen LogP contribution in [0.2, 0.25) is 0 Å². The Morgan fingerprint density at radius 1 is 1.10 bits per heavy atom. The van der Waals surface area contributed by atoms with E-state index >= 15 is 0 Å². The van der Waals surface area contributed by atoms with Crippen molar-refractivity contribution in [1.82, 2.24) is 4.67 Å². The molecule has 0 aromatic carbocycles. The number of rotatable bonds is 12. The third kappa shape index (κ3) is 6.88. The first-order chi connectivity index (χ1) is 9.57. The molecule has 0 N–H and O–H groups in total. The van der Waals surface area contributed by atoms with E-state index in [1.54, 1.807) is 4.67 Å². The van der Waals surface area contributed by atoms with Gasteiger partial charge in [0, 0.05) is 13.1 Å². The van der Waals surface area contributed by atoms with Gasteiger partial charge in [0.05, 0.1) is 6.10 Å². The number of nitriles is 1. The lowest BCUT2D eigenvalue weighted by molar-refractivity contribution is 0.166. The Bertz CT molecular complexity index is 322. The minimum atomic E-state index is -3.33. The monoisotopic (exact) mass is 302 g/mol. The lowest BCUT2D eigenvalue weighted by Crippen LogP contribution is -2.25. The van der Waals surface area contributed by atoms with Gasteiger partial charge in [0.25, 0.3) is 0 Å². The van der Waals surface area contributed by atoms with E-state index in [1.807, 2.05) is 26.6 Å². The van der Waals surface area contributed by atoms with Crippen LogP contribution in [0.25, 0.3) is 0 Å². The van der Waals surface area contributed by atoms with Crippen LogP contribution in [-0.4, -0.2) is 23.9 Å². The van der Waals surface area contributed by atoms with Gasteiger partial charge in [0.2, 0.25) is 0 Å².